The third-order valence-corrected chi connectivity index (χ3v) is 6.36. The molecule has 1 aromatic carbocycles. The number of aliphatic imine (C=N–C) groups is 1. The van der Waals surface area contributed by atoms with Gasteiger partial charge in [-0.1, -0.05) is 30.3 Å². The van der Waals surface area contributed by atoms with Gasteiger partial charge in [-0.2, -0.15) is 11.8 Å². The Morgan fingerprint density at radius 2 is 1.45 bits per heavy atom. The topological polar surface area (TPSA) is 252 Å². The van der Waals surface area contributed by atoms with Crippen LogP contribution in [0, 0.1) is 0 Å². The fraction of sp³-hybridized carbons (Fsp3) is 0.520. The molecule has 1 aromatic rings. The second-order valence-electron chi connectivity index (χ2n) is 8.98. The first-order valence-corrected chi connectivity index (χ1v) is 14.0. The molecule has 11 N–H and O–H groups in total. The number of rotatable bonds is 19. The summed E-state index contributed by atoms with van der Waals surface area (Å²) in [6.45, 7) is 0.173. The lowest BCUT2D eigenvalue weighted by atomic mass is 10.0. The molecule has 4 unspecified atom stereocenters. The first-order valence-electron chi connectivity index (χ1n) is 12.6. The van der Waals surface area contributed by atoms with E-state index >= 15 is 0 Å². The summed E-state index contributed by atoms with van der Waals surface area (Å²) in [7, 11) is 0. The number of nitrogens with two attached hydrogens (primary N) is 3. The molecule has 222 valence electrons. The van der Waals surface area contributed by atoms with E-state index in [1.54, 1.807) is 30.5 Å². The van der Waals surface area contributed by atoms with Crippen LogP contribution < -0.4 is 33.2 Å². The molecule has 15 heteroatoms. The predicted octanol–water partition coefficient (Wildman–Crippen LogP) is -1.23. The van der Waals surface area contributed by atoms with Gasteiger partial charge in [-0.05, 0) is 49.7 Å². The molecule has 0 saturated carbocycles. The molecule has 1 rings (SSSR count). The third-order valence-electron chi connectivity index (χ3n) is 5.72. The highest BCUT2D eigenvalue weighted by Gasteiger charge is 2.30. The minimum Gasteiger partial charge on any atom is -0.481 e. The van der Waals surface area contributed by atoms with E-state index in [9.17, 15) is 29.1 Å². The molecular weight excluding hydrogens is 542 g/mol. The fourth-order valence-electron chi connectivity index (χ4n) is 3.59. The number of guanidine groups is 1. The Hall–Kier alpha value is -3.85. The van der Waals surface area contributed by atoms with Crippen LogP contribution >= 0.6 is 11.8 Å². The molecule has 0 aromatic heterocycles. The van der Waals surface area contributed by atoms with Crippen LogP contribution in [0.25, 0.3) is 0 Å². The number of carbonyl (C=O) groups excluding carboxylic acids is 3. The van der Waals surface area contributed by atoms with Crippen molar-refractivity contribution >= 4 is 47.4 Å². The molecule has 0 aliphatic carbocycles. The Kier molecular flexibility index (Phi) is 15.8. The summed E-state index contributed by atoms with van der Waals surface area (Å²) in [5.41, 5.74) is 17.3. The monoisotopic (exact) mass is 581 g/mol. The Morgan fingerprint density at radius 1 is 0.875 bits per heavy atom. The summed E-state index contributed by atoms with van der Waals surface area (Å²) >= 11 is 1.41. The van der Waals surface area contributed by atoms with Gasteiger partial charge in [0.25, 0.3) is 0 Å². The van der Waals surface area contributed by atoms with Crippen molar-refractivity contribution < 1.29 is 34.2 Å². The number of hydrogen-bond acceptors (Lipinski definition) is 8. The molecule has 14 nitrogen and oxygen atoms in total. The molecule has 0 bridgehead atoms. The first kappa shape index (κ1) is 34.2. The van der Waals surface area contributed by atoms with Gasteiger partial charge in [-0.25, -0.2) is 4.79 Å². The number of amides is 3. The van der Waals surface area contributed by atoms with E-state index in [0.29, 0.717) is 5.75 Å². The molecule has 0 radical (unpaired) electrons. The average Bonchev–Trinajstić information content (AvgIpc) is 2.90. The zero-order valence-electron chi connectivity index (χ0n) is 22.4. The number of nitrogens with zero attached hydrogens (tertiary/aromatic N) is 1. The van der Waals surface area contributed by atoms with Gasteiger partial charge in [-0.15, -0.1) is 0 Å². The predicted molar refractivity (Wildman–Crippen MR) is 151 cm³/mol. The number of carboxylic acids is 2. The summed E-state index contributed by atoms with van der Waals surface area (Å²) < 4.78 is 0. The molecule has 0 aliphatic rings. The van der Waals surface area contributed by atoms with Crippen LogP contribution in [0.1, 0.15) is 37.7 Å². The zero-order valence-corrected chi connectivity index (χ0v) is 23.2. The first-order chi connectivity index (χ1) is 18.9. The lowest BCUT2D eigenvalue weighted by molar-refractivity contribution is -0.142. The lowest BCUT2D eigenvalue weighted by Crippen LogP contribution is -2.57. The average molecular weight is 582 g/mol. The standard InChI is InChI=1S/C25H39N7O7S/c1-40-13-11-18(23(37)32-19(24(38)39)8-5-12-29-25(27)28)31-22(36)17(9-10-20(33)34)30-21(35)16(26)14-15-6-3-2-4-7-15/h2-4,6-7,16-19H,5,8-14,26H2,1H3,(H,30,35)(H,31,36)(H,32,37)(H,33,34)(H,38,39)(H4,27,28,29). The van der Waals surface area contributed by atoms with E-state index < -0.39 is 60.2 Å². The highest BCUT2D eigenvalue weighted by molar-refractivity contribution is 7.98. The molecule has 40 heavy (non-hydrogen) atoms. The molecule has 3 amide bonds. The Bertz CT molecular complexity index is 1020. The maximum Gasteiger partial charge on any atom is 0.326 e. The Labute approximate surface area is 236 Å². The third kappa shape index (κ3) is 13.8. The summed E-state index contributed by atoms with van der Waals surface area (Å²) in [5.74, 6) is -4.32. The second kappa shape index (κ2) is 18.4. The van der Waals surface area contributed by atoms with E-state index in [1.807, 2.05) is 6.07 Å². The van der Waals surface area contributed by atoms with E-state index in [4.69, 9.17) is 22.3 Å². The van der Waals surface area contributed by atoms with Crippen LogP contribution in [0.5, 0.6) is 0 Å². The largest absolute Gasteiger partial charge is 0.481 e. The van der Waals surface area contributed by atoms with Crippen LogP contribution in [0.15, 0.2) is 35.3 Å². The number of benzene rings is 1. The number of thioether (sulfide) groups is 1. The highest BCUT2D eigenvalue weighted by atomic mass is 32.2. The van der Waals surface area contributed by atoms with E-state index in [1.165, 1.54) is 11.8 Å². The Balaban J connectivity index is 2.95. The van der Waals surface area contributed by atoms with Crippen molar-refractivity contribution in [2.75, 3.05) is 18.6 Å². The number of aliphatic carboxylic acids is 2. The van der Waals surface area contributed by atoms with Crippen molar-refractivity contribution in [3.8, 4) is 0 Å². The van der Waals surface area contributed by atoms with Crippen molar-refractivity contribution in [1.29, 1.82) is 0 Å². The summed E-state index contributed by atoms with van der Waals surface area (Å²) in [5, 5.41) is 26.1. The minimum absolute atomic E-state index is 0.0393. The fourth-order valence-corrected chi connectivity index (χ4v) is 4.06. The van der Waals surface area contributed by atoms with Gasteiger partial charge in [0.15, 0.2) is 5.96 Å². The number of carbonyl (C=O) groups is 5. The molecule has 0 aliphatic heterocycles. The summed E-state index contributed by atoms with van der Waals surface area (Å²) in [6.07, 6.45) is 1.80. The van der Waals surface area contributed by atoms with Crippen LogP contribution in [0.3, 0.4) is 0 Å². The van der Waals surface area contributed by atoms with E-state index in [-0.39, 0.29) is 44.6 Å². The molecule has 0 fully saturated rings. The SMILES string of the molecule is CSCCC(NC(=O)C(CCC(=O)O)NC(=O)C(N)Cc1ccccc1)C(=O)NC(CCCN=C(N)N)C(=O)O. The normalized spacial score (nSPS) is 13.7. The zero-order chi connectivity index (χ0) is 30.1. The van der Waals surface area contributed by atoms with Crippen molar-refractivity contribution in [3.63, 3.8) is 0 Å². The quantitative estimate of drug-likeness (QED) is 0.0545. The number of nitrogens with one attached hydrogen (secondary N) is 3. The smallest absolute Gasteiger partial charge is 0.326 e. The van der Waals surface area contributed by atoms with Crippen molar-refractivity contribution in [2.24, 2.45) is 22.2 Å². The van der Waals surface area contributed by atoms with Crippen molar-refractivity contribution in [3.05, 3.63) is 35.9 Å². The summed E-state index contributed by atoms with van der Waals surface area (Å²) in [4.78, 5) is 65.5. The van der Waals surface area contributed by atoms with Gasteiger partial charge in [0.05, 0.1) is 6.04 Å². The molecular formula is C25H39N7O7S. The van der Waals surface area contributed by atoms with Crippen LogP contribution in [0.4, 0.5) is 0 Å². The molecule has 0 saturated heterocycles. The van der Waals surface area contributed by atoms with Crippen LogP contribution in [0.2, 0.25) is 0 Å². The van der Waals surface area contributed by atoms with Gasteiger partial charge in [0.1, 0.15) is 18.1 Å². The molecule has 4 atom stereocenters. The summed E-state index contributed by atoms with van der Waals surface area (Å²) in [6, 6.07) is 4.30. The van der Waals surface area contributed by atoms with Crippen LogP contribution in [-0.4, -0.2) is 88.6 Å². The maximum absolute atomic E-state index is 13.1. The van der Waals surface area contributed by atoms with Gasteiger partial charge in [0, 0.05) is 13.0 Å². The minimum atomic E-state index is -1.29. The van der Waals surface area contributed by atoms with Gasteiger partial charge < -0.3 is 43.4 Å². The van der Waals surface area contributed by atoms with Crippen molar-refractivity contribution in [2.45, 2.75) is 62.7 Å². The van der Waals surface area contributed by atoms with Gasteiger partial charge >= 0.3 is 11.9 Å². The second-order valence-corrected chi connectivity index (χ2v) is 9.97. The molecule has 0 spiro atoms. The van der Waals surface area contributed by atoms with Crippen LogP contribution in [-0.2, 0) is 30.4 Å². The lowest BCUT2D eigenvalue weighted by Gasteiger charge is -2.25. The Morgan fingerprint density at radius 3 is 2.00 bits per heavy atom. The van der Waals surface area contributed by atoms with E-state index in [0.717, 1.165) is 5.56 Å². The number of carboxylic acid groups (broad SMARTS) is 2. The van der Waals surface area contributed by atoms with E-state index in [2.05, 4.69) is 20.9 Å². The maximum atomic E-state index is 13.1. The van der Waals surface area contributed by atoms with Gasteiger partial charge in [0.2, 0.25) is 17.7 Å². The molecule has 0 heterocycles. The van der Waals surface area contributed by atoms with Gasteiger partial charge in [-0.3, -0.25) is 24.2 Å². The van der Waals surface area contributed by atoms with Crippen molar-refractivity contribution in [1.82, 2.24) is 16.0 Å². The number of hydrogen-bond donors (Lipinski definition) is 8. The highest BCUT2D eigenvalue weighted by Crippen LogP contribution is 2.08.